The number of hydrogen-bond donors (Lipinski definition) is 2. The van der Waals surface area contributed by atoms with Crippen molar-refractivity contribution in [2.45, 2.75) is 62.7 Å². The predicted molar refractivity (Wildman–Crippen MR) is 241 cm³/mol. The van der Waals surface area contributed by atoms with Gasteiger partial charge in [0.25, 0.3) is 17.5 Å². The van der Waals surface area contributed by atoms with Crippen molar-refractivity contribution in [3.8, 4) is 11.5 Å². The zero-order valence-electron chi connectivity index (χ0n) is 35.8. The highest BCUT2D eigenvalue weighted by Crippen LogP contribution is 2.60. The Kier molecular flexibility index (Phi) is 12.0. The third kappa shape index (κ3) is 8.10. The SMILES string of the molecule is COc1ccc(C(=O)Nc2cccc(CN3C(=O)[C@@]4(O[C@@H](CCn5cc(C(CO)c6ccccc6)nn5)[C@H]([Si](C)(C)c5ccc(OC)cc5)[C@H]4C)c4cc([N+](=O)[O-])ccc43)c2)cc1. The molecule has 5 aromatic carbocycles. The monoisotopic (exact) mass is 866 g/mol. The Labute approximate surface area is 366 Å². The van der Waals surface area contributed by atoms with E-state index in [4.69, 9.17) is 14.2 Å². The summed E-state index contributed by atoms with van der Waals surface area (Å²) in [5.74, 6) is 0.00393. The molecule has 0 radical (unpaired) electrons. The number of ether oxygens (including phenoxy) is 3. The average molecular weight is 867 g/mol. The summed E-state index contributed by atoms with van der Waals surface area (Å²) >= 11 is 0. The number of benzene rings is 5. The maximum absolute atomic E-state index is 15.4. The molecule has 0 aliphatic carbocycles. The molecule has 324 valence electrons. The lowest BCUT2D eigenvalue weighted by molar-refractivity contribution is -0.385. The minimum Gasteiger partial charge on any atom is -0.497 e. The summed E-state index contributed by atoms with van der Waals surface area (Å²) < 4.78 is 19.7. The van der Waals surface area contributed by atoms with Gasteiger partial charge in [-0.15, -0.1) is 5.10 Å². The molecular formula is C48H50N6O8Si. The van der Waals surface area contributed by atoms with E-state index in [0.717, 1.165) is 22.1 Å². The van der Waals surface area contributed by atoms with Crippen LogP contribution in [0.15, 0.2) is 128 Å². The summed E-state index contributed by atoms with van der Waals surface area (Å²) in [6, 6.07) is 36.4. The van der Waals surface area contributed by atoms with Crippen LogP contribution in [-0.4, -0.2) is 71.8 Å². The molecule has 5 atom stereocenters. The maximum Gasteiger partial charge on any atom is 0.269 e. The number of rotatable bonds is 15. The van der Waals surface area contributed by atoms with E-state index in [1.54, 1.807) is 60.2 Å². The van der Waals surface area contributed by atoms with Gasteiger partial charge in [-0.2, -0.15) is 0 Å². The number of aliphatic hydroxyl groups excluding tert-OH is 1. The van der Waals surface area contributed by atoms with Crippen molar-refractivity contribution in [2.75, 3.05) is 31.0 Å². The molecule has 8 rings (SSSR count). The Bertz CT molecular complexity index is 2620. The molecule has 0 saturated carbocycles. The maximum atomic E-state index is 15.4. The van der Waals surface area contributed by atoms with Gasteiger partial charge < -0.3 is 29.5 Å². The van der Waals surface area contributed by atoms with E-state index in [0.29, 0.717) is 46.9 Å². The number of nitrogens with zero attached hydrogens (tertiary/aromatic N) is 5. The number of nitrogens with one attached hydrogen (secondary N) is 1. The quantitative estimate of drug-likeness (QED) is 0.0601. The molecule has 0 bridgehead atoms. The van der Waals surface area contributed by atoms with Crippen molar-refractivity contribution in [1.29, 1.82) is 0 Å². The van der Waals surface area contributed by atoms with Crippen LogP contribution in [0.2, 0.25) is 18.6 Å². The van der Waals surface area contributed by atoms with Crippen molar-refractivity contribution < 1.29 is 33.8 Å². The van der Waals surface area contributed by atoms with Crippen molar-refractivity contribution in [2.24, 2.45) is 5.92 Å². The number of carbonyl (C=O) groups is 2. The fraction of sp³-hybridized carbons (Fsp3) is 0.292. The van der Waals surface area contributed by atoms with E-state index >= 15 is 4.79 Å². The van der Waals surface area contributed by atoms with E-state index in [1.165, 1.54) is 12.1 Å². The number of nitro benzene ring substituents is 1. The molecule has 14 nitrogen and oxygen atoms in total. The third-order valence-corrected chi connectivity index (χ3v) is 17.2. The van der Waals surface area contributed by atoms with Crippen LogP contribution in [0.3, 0.4) is 0 Å². The van der Waals surface area contributed by atoms with E-state index in [2.05, 4.69) is 40.9 Å². The third-order valence-electron chi connectivity index (χ3n) is 12.8. The molecule has 1 unspecified atom stereocenters. The molecule has 2 amide bonds. The zero-order valence-corrected chi connectivity index (χ0v) is 36.8. The van der Waals surface area contributed by atoms with E-state index < -0.39 is 30.6 Å². The van der Waals surface area contributed by atoms with Crippen LogP contribution in [-0.2, 0) is 28.2 Å². The highest BCUT2D eigenvalue weighted by atomic mass is 28.3. The summed E-state index contributed by atoms with van der Waals surface area (Å²) in [5, 5.41) is 35.7. The first kappa shape index (κ1) is 43.0. The summed E-state index contributed by atoms with van der Waals surface area (Å²) in [7, 11) is 0.640. The molecule has 2 aliphatic rings. The largest absolute Gasteiger partial charge is 0.497 e. The molecule has 2 N–H and O–H groups in total. The molecule has 1 saturated heterocycles. The summed E-state index contributed by atoms with van der Waals surface area (Å²) in [6.45, 7) is 7.00. The van der Waals surface area contributed by atoms with Crippen LogP contribution >= 0.6 is 0 Å². The number of non-ortho nitro benzene ring substituents is 1. The molecule has 1 spiro atoms. The van der Waals surface area contributed by atoms with Gasteiger partial charge in [0, 0.05) is 47.6 Å². The smallest absolute Gasteiger partial charge is 0.269 e. The van der Waals surface area contributed by atoms with Gasteiger partial charge in [-0.25, -0.2) is 0 Å². The Morgan fingerprint density at radius 3 is 2.32 bits per heavy atom. The molecule has 6 aromatic rings. The molecule has 3 heterocycles. The normalized spacial score (nSPS) is 19.8. The van der Waals surface area contributed by atoms with Crippen LogP contribution in [0, 0.1) is 16.0 Å². The van der Waals surface area contributed by atoms with Crippen LogP contribution in [0.5, 0.6) is 11.5 Å². The lowest BCUT2D eigenvalue weighted by atomic mass is 9.82. The number of nitro groups is 1. The highest BCUT2D eigenvalue weighted by molar-refractivity contribution is 6.91. The standard InChI is InChI=1S/C48H50N6O8Si/c1-31-45(63(4,5)39-21-19-38(61-3)20-22-39)44(24-25-52-29-42(50-51-52)40(30-55)33-11-7-6-8-12-33)62-48(31)41-27-36(54(58)59)16-23-43(41)53(47(48)57)28-32-10-9-13-35(26-32)49-46(56)34-14-17-37(60-2)18-15-34/h6-23,26-27,29,31,40,44-45,55H,24-25,28,30H2,1-5H3,(H,49,56)/t31-,40?,44+,45-,48+/m1/s1. The van der Waals surface area contributed by atoms with Crippen LogP contribution < -0.4 is 24.9 Å². The lowest BCUT2D eigenvalue weighted by Crippen LogP contribution is -2.51. The van der Waals surface area contributed by atoms with Crippen molar-refractivity contribution in [3.63, 3.8) is 0 Å². The lowest BCUT2D eigenvalue weighted by Gasteiger charge is -2.37. The van der Waals surface area contributed by atoms with Gasteiger partial charge in [-0.1, -0.05) is 85.0 Å². The van der Waals surface area contributed by atoms with E-state index in [1.807, 2.05) is 73.8 Å². The molecular weight excluding hydrogens is 817 g/mol. The Morgan fingerprint density at radius 2 is 1.65 bits per heavy atom. The highest BCUT2D eigenvalue weighted by Gasteiger charge is 2.66. The number of amides is 2. The average Bonchev–Trinajstić information content (AvgIpc) is 3.96. The Balaban J connectivity index is 1.14. The number of fused-ring (bicyclic) bond motifs is 2. The van der Waals surface area contributed by atoms with E-state index in [9.17, 15) is 20.0 Å². The number of methoxy groups -OCH3 is 2. The number of hydrogen-bond acceptors (Lipinski definition) is 10. The summed E-state index contributed by atoms with van der Waals surface area (Å²) in [4.78, 5) is 42.2. The fourth-order valence-electron chi connectivity index (χ4n) is 9.61. The number of aromatic nitrogens is 3. The summed E-state index contributed by atoms with van der Waals surface area (Å²) in [6.07, 6.45) is 1.85. The number of anilines is 2. The zero-order chi connectivity index (χ0) is 44.5. The second-order valence-corrected chi connectivity index (χ2v) is 21.4. The molecule has 15 heteroatoms. The minimum absolute atomic E-state index is 0.123. The van der Waals surface area contributed by atoms with Gasteiger partial charge in [-0.05, 0) is 77.7 Å². The number of carbonyl (C=O) groups excluding carboxylic acids is 2. The van der Waals surface area contributed by atoms with Crippen molar-refractivity contribution in [3.05, 3.63) is 166 Å². The van der Waals surface area contributed by atoms with Crippen LogP contribution in [0.25, 0.3) is 0 Å². The number of aliphatic hydroxyl groups is 1. The second-order valence-electron chi connectivity index (χ2n) is 16.7. The first-order valence-electron chi connectivity index (χ1n) is 20.9. The van der Waals surface area contributed by atoms with E-state index in [-0.39, 0.29) is 42.1 Å². The fourth-order valence-corrected chi connectivity index (χ4v) is 13.7. The minimum atomic E-state index is -2.55. The van der Waals surface area contributed by atoms with Gasteiger partial charge in [-0.3, -0.25) is 24.4 Å². The molecule has 1 fully saturated rings. The molecule has 63 heavy (non-hydrogen) atoms. The van der Waals surface area contributed by atoms with Gasteiger partial charge in [0.2, 0.25) is 0 Å². The first-order chi connectivity index (χ1) is 30.4. The van der Waals surface area contributed by atoms with Gasteiger partial charge in [0.15, 0.2) is 5.60 Å². The topological polar surface area (TPSA) is 171 Å². The van der Waals surface area contributed by atoms with Gasteiger partial charge in [0.1, 0.15) is 11.5 Å². The van der Waals surface area contributed by atoms with Gasteiger partial charge >= 0.3 is 0 Å². The Hall–Kier alpha value is -6.68. The van der Waals surface area contributed by atoms with Crippen molar-refractivity contribution >= 4 is 42.1 Å². The van der Waals surface area contributed by atoms with Crippen LogP contribution in [0.1, 0.15) is 52.0 Å². The van der Waals surface area contributed by atoms with Crippen molar-refractivity contribution in [1.82, 2.24) is 15.0 Å². The predicted octanol–water partition coefficient (Wildman–Crippen LogP) is 7.43. The molecule has 2 aliphatic heterocycles. The van der Waals surface area contributed by atoms with Crippen LogP contribution in [0.4, 0.5) is 17.1 Å². The summed E-state index contributed by atoms with van der Waals surface area (Å²) in [5.41, 5.74) is 2.47. The Morgan fingerprint density at radius 1 is 0.952 bits per heavy atom. The second kappa shape index (κ2) is 17.6. The number of aryl methyl sites for hydroxylation is 1. The first-order valence-corrected chi connectivity index (χ1v) is 24.0. The van der Waals surface area contributed by atoms with Gasteiger partial charge in [0.05, 0.1) is 63.8 Å². The molecule has 1 aromatic heterocycles.